The molecule has 0 aromatic heterocycles. The molecule has 0 aliphatic carbocycles. The van der Waals surface area contributed by atoms with Crippen LogP contribution in [-0.4, -0.2) is 46.5 Å². The molecule has 1 saturated heterocycles. The highest BCUT2D eigenvalue weighted by Gasteiger charge is 2.38. The highest BCUT2D eigenvalue weighted by Crippen LogP contribution is 2.36. The molecule has 1 atom stereocenters. The molecule has 2 aliphatic rings. The van der Waals surface area contributed by atoms with Crippen molar-refractivity contribution in [3.63, 3.8) is 0 Å². The fourth-order valence-electron chi connectivity index (χ4n) is 4.28. The molecule has 0 bridgehead atoms. The third kappa shape index (κ3) is 2.81. The molecule has 1 unspecified atom stereocenters. The topological polar surface area (TPSA) is 43.8 Å². The van der Waals surface area contributed by atoms with E-state index in [1.807, 2.05) is 30.9 Å². The first kappa shape index (κ1) is 16.2. The molecule has 1 amide bonds. The van der Waals surface area contributed by atoms with Crippen molar-refractivity contribution in [2.24, 2.45) is 0 Å². The number of rotatable bonds is 2. The van der Waals surface area contributed by atoms with Crippen molar-refractivity contribution in [2.75, 3.05) is 19.6 Å². The number of aromatic hydroxyl groups is 1. The van der Waals surface area contributed by atoms with Crippen molar-refractivity contribution in [3.05, 3.63) is 64.2 Å². The number of fused-ring (bicyclic) bond motifs is 2. The zero-order valence-electron chi connectivity index (χ0n) is 14.8. The van der Waals surface area contributed by atoms with Crippen LogP contribution in [0.3, 0.4) is 0 Å². The van der Waals surface area contributed by atoms with Gasteiger partial charge >= 0.3 is 0 Å². The van der Waals surface area contributed by atoms with E-state index in [2.05, 4.69) is 29.2 Å². The Morgan fingerprint density at radius 1 is 1.12 bits per heavy atom. The van der Waals surface area contributed by atoms with Gasteiger partial charge < -0.3 is 10.0 Å². The van der Waals surface area contributed by atoms with Crippen LogP contribution >= 0.6 is 0 Å². The van der Waals surface area contributed by atoms with Gasteiger partial charge in [-0.15, -0.1) is 0 Å². The predicted molar refractivity (Wildman–Crippen MR) is 97.8 cm³/mol. The smallest absolute Gasteiger partial charge is 0.254 e. The molecule has 2 aromatic carbocycles. The molecule has 1 fully saturated rings. The Balaban J connectivity index is 1.59. The molecule has 1 N–H and O–H groups in total. The quantitative estimate of drug-likeness (QED) is 0.917. The molecular weight excluding hydrogens is 312 g/mol. The van der Waals surface area contributed by atoms with Crippen LogP contribution in [0.2, 0.25) is 0 Å². The van der Waals surface area contributed by atoms with Crippen LogP contribution in [0.5, 0.6) is 5.75 Å². The Labute approximate surface area is 148 Å². The van der Waals surface area contributed by atoms with E-state index >= 15 is 0 Å². The van der Waals surface area contributed by atoms with E-state index in [0.717, 1.165) is 54.9 Å². The molecule has 2 aromatic rings. The summed E-state index contributed by atoms with van der Waals surface area (Å²) in [6.45, 7) is 7.28. The summed E-state index contributed by atoms with van der Waals surface area (Å²) in [6, 6.07) is 12.5. The average molecular weight is 336 g/mol. The molecule has 130 valence electrons. The maximum Gasteiger partial charge on any atom is 0.254 e. The number of phenolic OH excluding ortho intramolecular Hbond substituents is 1. The number of nitrogens with zero attached hydrogens (tertiary/aromatic N) is 2. The number of hydrogen-bond donors (Lipinski definition) is 1. The van der Waals surface area contributed by atoms with Crippen molar-refractivity contribution in [3.8, 4) is 5.75 Å². The first-order valence-electron chi connectivity index (χ1n) is 8.94. The number of benzene rings is 2. The van der Waals surface area contributed by atoms with Crippen molar-refractivity contribution in [2.45, 2.75) is 32.9 Å². The minimum atomic E-state index is 0.0819. The molecule has 2 heterocycles. The van der Waals surface area contributed by atoms with Gasteiger partial charge in [-0.05, 0) is 37.0 Å². The van der Waals surface area contributed by atoms with E-state index in [4.69, 9.17) is 0 Å². The van der Waals surface area contributed by atoms with E-state index in [0.29, 0.717) is 5.75 Å². The van der Waals surface area contributed by atoms with Crippen LogP contribution in [0.1, 0.15) is 32.6 Å². The maximum absolute atomic E-state index is 13.0. The summed E-state index contributed by atoms with van der Waals surface area (Å²) in [7, 11) is 0. The second-order valence-corrected chi connectivity index (χ2v) is 7.29. The van der Waals surface area contributed by atoms with E-state index in [1.165, 1.54) is 5.56 Å². The number of aryl methyl sites for hydroxylation is 2. The van der Waals surface area contributed by atoms with Crippen LogP contribution in [0.4, 0.5) is 0 Å². The minimum absolute atomic E-state index is 0.0819. The number of piperazine rings is 1. The Bertz CT molecular complexity index is 816. The lowest BCUT2D eigenvalue weighted by atomic mass is 9.87. The Hall–Kier alpha value is -2.33. The van der Waals surface area contributed by atoms with E-state index in [-0.39, 0.29) is 11.9 Å². The first-order chi connectivity index (χ1) is 12.0. The largest absolute Gasteiger partial charge is 0.507 e. The van der Waals surface area contributed by atoms with Gasteiger partial charge in [0.2, 0.25) is 0 Å². The molecule has 4 nitrogen and oxygen atoms in total. The Morgan fingerprint density at radius 2 is 1.88 bits per heavy atom. The summed E-state index contributed by atoms with van der Waals surface area (Å²) in [5.74, 6) is 0.382. The molecule has 2 aliphatic heterocycles. The van der Waals surface area contributed by atoms with Gasteiger partial charge in [0.25, 0.3) is 5.91 Å². The standard InChI is InChI=1S/C21H24N2O2/c1-14-10-15(2)20(24)18-11-17-13-22(12-16-6-4-3-5-7-16)8-9-23(17)21(25)19(14)18/h3-7,10,17,24H,8-9,11-13H2,1-2H3. The van der Waals surface area contributed by atoms with Gasteiger partial charge in [0, 0.05) is 43.3 Å². The predicted octanol–water partition coefficient (Wildman–Crippen LogP) is 2.89. The molecular formula is C21H24N2O2. The lowest BCUT2D eigenvalue weighted by Crippen LogP contribution is -2.57. The summed E-state index contributed by atoms with van der Waals surface area (Å²) >= 11 is 0. The van der Waals surface area contributed by atoms with Crippen LogP contribution in [0.25, 0.3) is 0 Å². The van der Waals surface area contributed by atoms with Crippen LogP contribution in [-0.2, 0) is 13.0 Å². The number of hydrogen-bond acceptors (Lipinski definition) is 3. The fourth-order valence-corrected chi connectivity index (χ4v) is 4.28. The Kier molecular flexibility index (Phi) is 4.00. The monoisotopic (exact) mass is 336 g/mol. The number of amides is 1. The van der Waals surface area contributed by atoms with Gasteiger partial charge in [-0.1, -0.05) is 36.4 Å². The van der Waals surface area contributed by atoms with E-state index < -0.39 is 0 Å². The lowest BCUT2D eigenvalue weighted by molar-refractivity contribution is 0.0398. The third-order valence-electron chi connectivity index (χ3n) is 5.52. The van der Waals surface area contributed by atoms with Crippen LogP contribution in [0, 0.1) is 13.8 Å². The highest BCUT2D eigenvalue weighted by molar-refractivity contribution is 5.99. The fraction of sp³-hybridized carbons (Fsp3) is 0.381. The molecule has 25 heavy (non-hydrogen) atoms. The van der Waals surface area contributed by atoms with Crippen LogP contribution < -0.4 is 0 Å². The van der Waals surface area contributed by atoms with Crippen molar-refractivity contribution in [1.29, 1.82) is 0 Å². The Morgan fingerprint density at radius 3 is 2.64 bits per heavy atom. The summed E-state index contributed by atoms with van der Waals surface area (Å²) in [6.07, 6.45) is 0.737. The van der Waals surface area contributed by atoms with Crippen molar-refractivity contribution < 1.29 is 9.90 Å². The normalized spacial score (nSPS) is 20.3. The molecule has 0 radical (unpaired) electrons. The summed E-state index contributed by atoms with van der Waals surface area (Å²) < 4.78 is 0. The van der Waals surface area contributed by atoms with Gasteiger partial charge in [0.15, 0.2) is 0 Å². The number of carbonyl (C=O) groups excluding carboxylic acids is 1. The lowest BCUT2D eigenvalue weighted by Gasteiger charge is -2.45. The first-order valence-corrected chi connectivity index (χ1v) is 8.94. The second kappa shape index (κ2) is 6.19. The molecule has 0 saturated carbocycles. The molecule has 4 rings (SSSR count). The van der Waals surface area contributed by atoms with Gasteiger partial charge in [0.1, 0.15) is 5.75 Å². The van der Waals surface area contributed by atoms with E-state index in [1.54, 1.807) is 0 Å². The summed E-state index contributed by atoms with van der Waals surface area (Å²) in [5.41, 5.74) is 4.68. The van der Waals surface area contributed by atoms with E-state index in [9.17, 15) is 9.90 Å². The van der Waals surface area contributed by atoms with Gasteiger partial charge in [-0.25, -0.2) is 0 Å². The van der Waals surface area contributed by atoms with Crippen molar-refractivity contribution >= 4 is 5.91 Å². The minimum Gasteiger partial charge on any atom is -0.507 e. The second-order valence-electron chi connectivity index (χ2n) is 7.29. The maximum atomic E-state index is 13.0. The average Bonchev–Trinajstić information content (AvgIpc) is 2.60. The van der Waals surface area contributed by atoms with Gasteiger partial charge in [-0.2, -0.15) is 0 Å². The number of phenols is 1. The molecule has 4 heteroatoms. The number of carbonyl (C=O) groups is 1. The molecule has 0 spiro atoms. The van der Waals surface area contributed by atoms with Gasteiger partial charge in [0.05, 0.1) is 0 Å². The highest BCUT2D eigenvalue weighted by atomic mass is 16.3. The zero-order chi connectivity index (χ0) is 17.6. The third-order valence-corrected chi connectivity index (χ3v) is 5.52. The zero-order valence-corrected chi connectivity index (χ0v) is 14.8. The summed E-state index contributed by atoms with van der Waals surface area (Å²) in [5, 5.41) is 10.5. The van der Waals surface area contributed by atoms with Gasteiger partial charge in [-0.3, -0.25) is 9.69 Å². The van der Waals surface area contributed by atoms with Crippen molar-refractivity contribution in [1.82, 2.24) is 9.80 Å². The van der Waals surface area contributed by atoms with Crippen LogP contribution in [0.15, 0.2) is 36.4 Å². The summed E-state index contributed by atoms with van der Waals surface area (Å²) in [4.78, 5) is 17.4. The SMILES string of the molecule is Cc1cc(C)c2c(c1O)CC1CN(Cc3ccccc3)CCN1C2=O.